The fourth-order valence-corrected chi connectivity index (χ4v) is 2.47. The number of hydrogen-bond donors (Lipinski definition) is 0. The Morgan fingerprint density at radius 1 is 1.60 bits per heavy atom. The first-order valence-corrected chi connectivity index (χ1v) is 5.09. The van der Waals surface area contributed by atoms with Gasteiger partial charge in [-0.2, -0.15) is 0 Å². The van der Waals surface area contributed by atoms with Crippen molar-refractivity contribution in [3.8, 4) is 0 Å². The minimum Gasteiger partial charge on any atom is -0.456 e. The maximum Gasteiger partial charge on any atom is 0.351 e. The predicted octanol–water partition coefficient (Wildman–Crippen LogP) is 1.34. The van der Waals surface area contributed by atoms with E-state index in [9.17, 15) is 9.59 Å². The third-order valence-corrected chi connectivity index (χ3v) is 3.12. The van der Waals surface area contributed by atoms with Crippen LogP contribution in [0.2, 0.25) is 0 Å². The summed E-state index contributed by atoms with van der Waals surface area (Å²) in [6.07, 6.45) is 3.78. The summed E-state index contributed by atoms with van der Waals surface area (Å²) in [4.78, 5) is 22.9. The van der Waals surface area contributed by atoms with Crippen molar-refractivity contribution in [2.75, 3.05) is 0 Å². The van der Waals surface area contributed by atoms with Crippen LogP contribution in [0.1, 0.15) is 32.6 Å². The molecule has 0 aromatic rings. The molecule has 1 saturated heterocycles. The van der Waals surface area contributed by atoms with Gasteiger partial charge < -0.3 is 9.47 Å². The van der Waals surface area contributed by atoms with E-state index < -0.39 is 23.1 Å². The molecule has 2 unspecified atom stereocenters. The van der Waals surface area contributed by atoms with Crippen LogP contribution in [0.3, 0.4) is 0 Å². The molecule has 2 aliphatic rings. The van der Waals surface area contributed by atoms with Crippen molar-refractivity contribution in [2.45, 2.75) is 43.8 Å². The molecule has 1 aliphatic heterocycles. The number of esters is 2. The molecule has 2 atom stereocenters. The Morgan fingerprint density at radius 2 is 2.33 bits per heavy atom. The van der Waals surface area contributed by atoms with Crippen molar-refractivity contribution < 1.29 is 19.1 Å². The fourth-order valence-electron chi connectivity index (χ4n) is 2.47. The topological polar surface area (TPSA) is 52.6 Å². The summed E-state index contributed by atoms with van der Waals surface area (Å²) in [6.45, 7) is 5.20. The molecule has 0 spiro atoms. The second-order valence-corrected chi connectivity index (χ2v) is 4.49. The lowest BCUT2D eigenvalue weighted by molar-refractivity contribution is -0.170. The molecule has 2 bridgehead atoms. The summed E-state index contributed by atoms with van der Waals surface area (Å²) in [5.41, 5.74) is -1.49. The maximum absolute atomic E-state index is 11.7. The highest BCUT2D eigenvalue weighted by molar-refractivity contribution is 5.89. The first-order chi connectivity index (χ1) is 7.00. The molecule has 0 aromatic carbocycles. The Morgan fingerprint density at radius 3 is 3.00 bits per heavy atom. The number of rotatable bonds is 2. The van der Waals surface area contributed by atoms with Gasteiger partial charge in [0, 0.05) is 12.5 Å². The van der Waals surface area contributed by atoms with Gasteiger partial charge in [-0.15, -0.1) is 0 Å². The highest BCUT2D eigenvalue weighted by atomic mass is 16.6. The zero-order chi connectivity index (χ0) is 11.1. The van der Waals surface area contributed by atoms with Crippen LogP contribution in [0.4, 0.5) is 0 Å². The Bertz CT molecular complexity index is 335. The van der Waals surface area contributed by atoms with E-state index in [1.165, 1.54) is 0 Å². The standard InChI is InChI=1S/C11H14O4/c1-3-8(12)14-11-6-4-5-10(2,7-11)15-9(11)13/h3H,1,4-7H2,2H3. The summed E-state index contributed by atoms with van der Waals surface area (Å²) in [5, 5.41) is 0. The van der Waals surface area contributed by atoms with E-state index in [4.69, 9.17) is 9.47 Å². The predicted molar refractivity (Wildman–Crippen MR) is 52.0 cm³/mol. The first kappa shape index (κ1) is 10.2. The molecule has 0 amide bonds. The lowest BCUT2D eigenvalue weighted by Gasteiger charge is -2.31. The summed E-state index contributed by atoms with van der Waals surface area (Å²) < 4.78 is 10.4. The van der Waals surface area contributed by atoms with E-state index >= 15 is 0 Å². The van der Waals surface area contributed by atoms with Gasteiger partial charge >= 0.3 is 11.9 Å². The van der Waals surface area contributed by atoms with E-state index in [1.807, 2.05) is 6.92 Å². The van der Waals surface area contributed by atoms with Gasteiger partial charge in [0.05, 0.1) is 0 Å². The van der Waals surface area contributed by atoms with Crippen molar-refractivity contribution in [2.24, 2.45) is 0 Å². The third kappa shape index (κ3) is 1.54. The first-order valence-electron chi connectivity index (χ1n) is 5.09. The Hall–Kier alpha value is -1.32. The highest BCUT2D eigenvalue weighted by Crippen LogP contribution is 2.47. The summed E-state index contributed by atoms with van der Waals surface area (Å²) >= 11 is 0. The van der Waals surface area contributed by atoms with Crippen molar-refractivity contribution >= 4 is 11.9 Å². The number of fused-ring (bicyclic) bond motifs is 2. The second-order valence-electron chi connectivity index (χ2n) is 4.49. The van der Waals surface area contributed by atoms with Crippen LogP contribution in [0.5, 0.6) is 0 Å². The molecular weight excluding hydrogens is 196 g/mol. The molecule has 1 saturated carbocycles. The smallest absolute Gasteiger partial charge is 0.351 e. The molecule has 2 rings (SSSR count). The van der Waals surface area contributed by atoms with E-state index in [1.54, 1.807) is 0 Å². The SMILES string of the molecule is C=CC(=O)OC12CCCC(C)(C1)OC2=O. The normalized spacial score (nSPS) is 38.3. The van der Waals surface area contributed by atoms with Gasteiger partial charge in [0.15, 0.2) is 0 Å². The van der Waals surface area contributed by atoms with Crippen LogP contribution >= 0.6 is 0 Å². The van der Waals surface area contributed by atoms with E-state index in [-0.39, 0.29) is 0 Å². The van der Waals surface area contributed by atoms with Crippen LogP contribution in [0, 0.1) is 0 Å². The van der Waals surface area contributed by atoms with Gasteiger partial charge in [0.1, 0.15) is 5.60 Å². The van der Waals surface area contributed by atoms with Crippen molar-refractivity contribution in [1.29, 1.82) is 0 Å². The summed E-state index contributed by atoms with van der Waals surface area (Å²) in [5.74, 6) is -0.962. The van der Waals surface area contributed by atoms with E-state index in [0.717, 1.165) is 18.9 Å². The number of carbonyl (C=O) groups excluding carboxylic acids is 2. The van der Waals surface area contributed by atoms with Crippen LogP contribution in [-0.2, 0) is 19.1 Å². The zero-order valence-corrected chi connectivity index (χ0v) is 8.75. The molecule has 1 aliphatic carbocycles. The zero-order valence-electron chi connectivity index (χ0n) is 8.75. The molecule has 0 aromatic heterocycles. The minimum atomic E-state index is -1.04. The lowest BCUT2D eigenvalue weighted by Crippen LogP contribution is -2.42. The van der Waals surface area contributed by atoms with Crippen LogP contribution in [0.15, 0.2) is 12.7 Å². The molecule has 82 valence electrons. The van der Waals surface area contributed by atoms with Gasteiger partial charge in [0.25, 0.3) is 0 Å². The quantitative estimate of drug-likeness (QED) is 0.510. The second kappa shape index (κ2) is 3.08. The molecule has 4 nitrogen and oxygen atoms in total. The monoisotopic (exact) mass is 210 g/mol. The number of carbonyl (C=O) groups is 2. The van der Waals surface area contributed by atoms with Gasteiger partial charge in [-0.3, -0.25) is 0 Å². The van der Waals surface area contributed by atoms with Gasteiger partial charge in [0.2, 0.25) is 5.60 Å². The van der Waals surface area contributed by atoms with Crippen LogP contribution < -0.4 is 0 Å². The fraction of sp³-hybridized carbons (Fsp3) is 0.636. The van der Waals surface area contributed by atoms with Gasteiger partial charge in [-0.25, -0.2) is 9.59 Å². The summed E-state index contributed by atoms with van der Waals surface area (Å²) in [7, 11) is 0. The number of hydrogen-bond acceptors (Lipinski definition) is 4. The highest BCUT2D eigenvalue weighted by Gasteiger charge is 2.59. The van der Waals surface area contributed by atoms with Crippen molar-refractivity contribution in [3.63, 3.8) is 0 Å². The van der Waals surface area contributed by atoms with E-state index in [0.29, 0.717) is 12.8 Å². The molecular formula is C11H14O4. The molecule has 0 radical (unpaired) electrons. The largest absolute Gasteiger partial charge is 0.456 e. The average molecular weight is 210 g/mol. The lowest BCUT2D eigenvalue weighted by atomic mass is 9.79. The van der Waals surface area contributed by atoms with Gasteiger partial charge in [-0.1, -0.05) is 6.58 Å². The van der Waals surface area contributed by atoms with Crippen molar-refractivity contribution in [1.82, 2.24) is 0 Å². The molecule has 0 N–H and O–H groups in total. The van der Waals surface area contributed by atoms with Crippen molar-refractivity contribution in [3.05, 3.63) is 12.7 Å². The third-order valence-electron chi connectivity index (χ3n) is 3.12. The Kier molecular flexibility index (Phi) is 2.10. The van der Waals surface area contributed by atoms with Gasteiger partial charge in [-0.05, 0) is 26.2 Å². The average Bonchev–Trinajstić information content (AvgIpc) is 2.32. The van der Waals surface area contributed by atoms with Crippen LogP contribution in [-0.4, -0.2) is 23.1 Å². The maximum atomic E-state index is 11.7. The Labute approximate surface area is 88.2 Å². The number of ether oxygens (including phenoxy) is 2. The molecule has 4 heteroatoms. The molecule has 1 heterocycles. The van der Waals surface area contributed by atoms with Crippen LogP contribution in [0.25, 0.3) is 0 Å². The Balaban J connectivity index is 2.23. The molecule has 15 heavy (non-hydrogen) atoms. The minimum absolute atomic E-state index is 0.405. The summed E-state index contributed by atoms with van der Waals surface area (Å²) in [6, 6.07) is 0. The van der Waals surface area contributed by atoms with E-state index in [2.05, 4.69) is 6.58 Å². The molecule has 2 fully saturated rings.